The van der Waals surface area contributed by atoms with Gasteiger partial charge in [0.2, 0.25) is 0 Å². The standard InChI is InChI=1S/C22H28O4S2/c1-13(2)21(23)25-16(6)11-27-19-10-9-15(5)18(8)20(19)28-12-17(7)26-22(24)14(3)4/h9-10,16-17H,1,3,5,8,11-12H2,2,4,6-7H3. The van der Waals surface area contributed by atoms with Crippen molar-refractivity contribution in [2.24, 2.45) is 0 Å². The van der Waals surface area contributed by atoms with Crippen LogP contribution in [0, 0.1) is 13.8 Å². The quantitative estimate of drug-likeness (QED) is 0.293. The van der Waals surface area contributed by atoms with E-state index in [0.29, 0.717) is 22.7 Å². The van der Waals surface area contributed by atoms with Gasteiger partial charge in [0.05, 0.1) is 0 Å². The van der Waals surface area contributed by atoms with Crippen molar-refractivity contribution in [3.05, 3.63) is 61.4 Å². The maximum atomic E-state index is 11.7. The van der Waals surface area contributed by atoms with Crippen LogP contribution in [0.5, 0.6) is 0 Å². The average Bonchev–Trinajstić information content (AvgIpc) is 2.61. The zero-order chi connectivity index (χ0) is 21.4. The van der Waals surface area contributed by atoms with Crippen molar-refractivity contribution in [3.63, 3.8) is 0 Å². The van der Waals surface area contributed by atoms with Crippen molar-refractivity contribution < 1.29 is 19.1 Å². The van der Waals surface area contributed by atoms with E-state index in [1.54, 1.807) is 37.4 Å². The number of hydrogen-bond donors (Lipinski definition) is 0. The first kappa shape index (κ1) is 24.4. The molecule has 0 bridgehead atoms. The Labute approximate surface area is 177 Å². The molecule has 0 fully saturated rings. The van der Waals surface area contributed by atoms with Gasteiger partial charge in [0.15, 0.2) is 0 Å². The predicted octanol–water partition coefficient (Wildman–Crippen LogP) is 5.25. The third-order valence-corrected chi connectivity index (χ3v) is 6.38. The van der Waals surface area contributed by atoms with E-state index < -0.39 is 5.97 Å². The van der Waals surface area contributed by atoms with Gasteiger partial charge in [-0.05, 0) is 58.7 Å². The first-order valence-electron chi connectivity index (χ1n) is 8.82. The molecule has 0 N–H and O–H groups in total. The molecule has 0 saturated carbocycles. The molecule has 0 aliphatic heterocycles. The fourth-order valence-electron chi connectivity index (χ4n) is 1.96. The summed E-state index contributed by atoms with van der Waals surface area (Å²) in [6, 6.07) is 3.91. The zero-order valence-electron chi connectivity index (χ0n) is 17.0. The molecule has 0 aliphatic carbocycles. The Bertz CT molecular complexity index is 755. The fraction of sp³-hybridized carbons (Fsp3) is 0.364. The Morgan fingerprint density at radius 1 is 0.929 bits per heavy atom. The van der Waals surface area contributed by atoms with Crippen LogP contribution in [0.15, 0.2) is 46.2 Å². The summed E-state index contributed by atoms with van der Waals surface area (Å²) in [7, 11) is 0. The van der Waals surface area contributed by atoms with Gasteiger partial charge in [-0.1, -0.05) is 19.2 Å². The van der Waals surface area contributed by atoms with Gasteiger partial charge in [-0.3, -0.25) is 0 Å². The molecule has 2 radical (unpaired) electrons. The van der Waals surface area contributed by atoms with Crippen LogP contribution >= 0.6 is 23.5 Å². The molecule has 4 nitrogen and oxygen atoms in total. The maximum Gasteiger partial charge on any atom is 0.333 e. The Morgan fingerprint density at radius 2 is 1.39 bits per heavy atom. The molecule has 1 aromatic rings. The van der Waals surface area contributed by atoms with E-state index in [2.05, 4.69) is 27.0 Å². The van der Waals surface area contributed by atoms with Crippen molar-refractivity contribution in [2.75, 3.05) is 11.5 Å². The molecule has 1 rings (SSSR count). The van der Waals surface area contributed by atoms with Crippen LogP contribution in [0.25, 0.3) is 0 Å². The first-order chi connectivity index (χ1) is 13.0. The second-order valence-corrected chi connectivity index (χ2v) is 8.74. The minimum atomic E-state index is -0.392. The molecule has 0 aliphatic rings. The lowest BCUT2D eigenvalue weighted by Gasteiger charge is -2.18. The number of rotatable bonds is 10. The molecule has 6 heteroatoms. The van der Waals surface area contributed by atoms with E-state index in [-0.39, 0.29) is 18.2 Å². The number of esters is 2. The third kappa shape index (κ3) is 7.76. The molecule has 0 spiro atoms. The second-order valence-electron chi connectivity index (χ2n) is 6.65. The Hall–Kier alpha value is -1.66. The molecule has 0 saturated heterocycles. The summed E-state index contributed by atoms with van der Waals surface area (Å²) >= 11 is 3.15. The lowest BCUT2D eigenvalue weighted by molar-refractivity contribution is -0.143. The summed E-state index contributed by atoms with van der Waals surface area (Å²) in [5.41, 5.74) is 2.46. The molecule has 0 heterocycles. The summed E-state index contributed by atoms with van der Waals surface area (Å²) in [4.78, 5) is 25.3. The number of carbonyl (C=O) groups is 2. The molecular formula is C22H28O4S2. The fourth-order valence-corrected chi connectivity index (χ4v) is 4.20. The predicted molar refractivity (Wildman–Crippen MR) is 118 cm³/mol. The molecule has 2 unspecified atom stereocenters. The SMILES string of the molecule is [CH2]c1ccc(SCC(C)OC(=O)C(=C)C)c(SCC(C)OC(=O)C(=C)C)c1[CH2]. The number of benzene rings is 1. The van der Waals surface area contributed by atoms with Gasteiger partial charge in [0.1, 0.15) is 12.2 Å². The lowest BCUT2D eigenvalue weighted by atomic mass is 10.1. The molecule has 0 aromatic heterocycles. The van der Waals surface area contributed by atoms with Crippen LogP contribution < -0.4 is 0 Å². The van der Waals surface area contributed by atoms with E-state index in [0.717, 1.165) is 20.9 Å². The van der Waals surface area contributed by atoms with Crippen LogP contribution in [-0.2, 0) is 19.1 Å². The van der Waals surface area contributed by atoms with E-state index in [4.69, 9.17) is 9.47 Å². The largest absolute Gasteiger partial charge is 0.458 e. The second kappa shape index (κ2) is 11.4. The molecule has 28 heavy (non-hydrogen) atoms. The molecule has 1 aromatic carbocycles. The van der Waals surface area contributed by atoms with Crippen LogP contribution in [0.3, 0.4) is 0 Å². The smallest absolute Gasteiger partial charge is 0.333 e. The van der Waals surface area contributed by atoms with Crippen molar-refractivity contribution in [1.29, 1.82) is 0 Å². The van der Waals surface area contributed by atoms with E-state index in [1.165, 1.54) is 0 Å². The highest BCUT2D eigenvalue weighted by Crippen LogP contribution is 2.36. The first-order valence-corrected chi connectivity index (χ1v) is 10.8. The highest BCUT2D eigenvalue weighted by Gasteiger charge is 2.16. The third-order valence-electron chi connectivity index (χ3n) is 3.57. The maximum absolute atomic E-state index is 11.7. The Balaban J connectivity index is 2.79. The van der Waals surface area contributed by atoms with Crippen molar-refractivity contribution >= 4 is 35.5 Å². The monoisotopic (exact) mass is 420 g/mol. The van der Waals surface area contributed by atoms with Gasteiger partial charge in [0, 0.05) is 32.4 Å². The summed E-state index contributed by atoms with van der Waals surface area (Å²) in [6.07, 6.45) is -0.523. The summed E-state index contributed by atoms with van der Waals surface area (Å²) in [5.74, 6) is 0.403. The summed E-state index contributed by atoms with van der Waals surface area (Å²) in [5, 5.41) is 0. The van der Waals surface area contributed by atoms with Crippen LogP contribution in [0.4, 0.5) is 0 Å². The van der Waals surface area contributed by atoms with E-state index in [9.17, 15) is 9.59 Å². The van der Waals surface area contributed by atoms with Gasteiger partial charge in [-0.15, -0.1) is 23.5 Å². The van der Waals surface area contributed by atoms with Gasteiger partial charge < -0.3 is 9.47 Å². The highest BCUT2D eigenvalue weighted by molar-refractivity contribution is 8.02. The molecular weight excluding hydrogens is 392 g/mol. The Morgan fingerprint density at radius 3 is 1.86 bits per heavy atom. The minimum absolute atomic E-state index is 0.254. The van der Waals surface area contributed by atoms with Crippen molar-refractivity contribution in [3.8, 4) is 0 Å². The molecule has 2 atom stereocenters. The average molecular weight is 421 g/mol. The molecule has 0 amide bonds. The number of carbonyl (C=O) groups excluding carboxylic acids is 2. The van der Waals surface area contributed by atoms with E-state index in [1.807, 2.05) is 26.0 Å². The summed E-state index contributed by atoms with van der Waals surface area (Å²) in [6.45, 7) is 22.3. The number of thioether (sulfide) groups is 2. The van der Waals surface area contributed by atoms with Crippen LogP contribution in [0.1, 0.15) is 38.8 Å². The number of ether oxygens (including phenoxy) is 2. The van der Waals surface area contributed by atoms with E-state index >= 15 is 0 Å². The van der Waals surface area contributed by atoms with Gasteiger partial charge in [0.25, 0.3) is 0 Å². The zero-order valence-corrected chi connectivity index (χ0v) is 18.6. The van der Waals surface area contributed by atoms with Gasteiger partial charge >= 0.3 is 11.9 Å². The van der Waals surface area contributed by atoms with Crippen LogP contribution in [0.2, 0.25) is 0 Å². The minimum Gasteiger partial charge on any atom is -0.458 e. The number of hydrogen-bond acceptors (Lipinski definition) is 6. The highest BCUT2D eigenvalue weighted by atomic mass is 32.2. The summed E-state index contributed by atoms with van der Waals surface area (Å²) < 4.78 is 10.7. The van der Waals surface area contributed by atoms with Crippen molar-refractivity contribution in [1.82, 2.24) is 0 Å². The normalized spacial score (nSPS) is 12.8. The lowest BCUT2D eigenvalue weighted by Crippen LogP contribution is -2.18. The molecule has 152 valence electrons. The Kier molecular flexibility index (Phi) is 9.90. The van der Waals surface area contributed by atoms with Gasteiger partial charge in [-0.25, -0.2) is 9.59 Å². The van der Waals surface area contributed by atoms with Crippen molar-refractivity contribution in [2.45, 2.75) is 49.7 Å². The van der Waals surface area contributed by atoms with Crippen LogP contribution in [-0.4, -0.2) is 35.7 Å². The topological polar surface area (TPSA) is 52.6 Å². The van der Waals surface area contributed by atoms with Gasteiger partial charge in [-0.2, -0.15) is 0 Å².